The second-order valence-corrected chi connectivity index (χ2v) is 13.6. The standard InChI is InChI=1S/C35H39F6N3O4S/c1-2-6-29-33(48-26-19-30(49-22-26)35(39,40)41,14-5-16-44(29)21-25-20-42-15-11-28(25)34(36,37)38)32(47)43-17-12-24(13-18-43)27-8-4-3-7-23(27)9-10-31(45)46/h3-4,7-8,11,15,19-20,22,24,29H,2,5-6,9-10,12-14,16-18,21H2,1H3,(H,45,46)/t29-,33+/m1/s1. The molecule has 2 fully saturated rings. The molecule has 1 amide bonds. The Morgan fingerprint density at radius 2 is 1.78 bits per heavy atom. The SMILES string of the molecule is CCC[C@H]1N(Cc2cnccc2C(F)(F)F)CCC[C@@]1(Oc1csc(C(F)(F)F)c1)C(=O)N1CCC(c2ccccc2CCC(=O)O)CC1. The minimum Gasteiger partial charge on any atom is -0.481 e. The molecule has 266 valence electrons. The number of rotatable bonds is 11. The number of aryl methyl sites for hydroxylation is 1. The van der Waals surface area contributed by atoms with E-state index in [9.17, 15) is 41.0 Å². The number of carboxylic acid groups (broad SMARTS) is 1. The van der Waals surface area contributed by atoms with Crippen LogP contribution < -0.4 is 4.74 Å². The maximum Gasteiger partial charge on any atom is 0.425 e. The molecule has 0 bridgehead atoms. The molecule has 0 aliphatic carbocycles. The summed E-state index contributed by atoms with van der Waals surface area (Å²) < 4.78 is 89.1. The van der Waals surface area contributed by atoms with E-state index in [4.69, 9.17) is 4.74 Å². The van der Waals surface area contributed by atoms with Crippen molar-refractivity contribution in [2.24, 2.45) is 0 Å². The van der Waals surface area contributed by atoms with E-state index in [1.807, 2.05) is 31.2 Å². The van der Waals surface area contributed by atoms with Gasteiger partial charge in [-0.25, -0.2) is 0 Å². The Balaban J connectivity index is 1.46. The van der Waals surface area contributed by atoms with Crippen LogP contribution in [0, 0.1) is 0 Å². The molecule has 0 saturated carbocycles. The summed E-state index contributed by atoms with van der Waals surface area (Å²) in [6.45, 7) is 2.74. The number of amides is 1. The highest BCUT2D eigenvalue weighted by atomic mass is 32.1. The number of carboxylic acids is 1. The molecule has 0 unspecified atom stereocenters. The zero-order valence-corrected chi connectivity index (χ0v) is 27.8. The summed E-state index contributed by atoms with van der Waals surface area (Å²) >= 11 is 0.460. The van der Waals surface area contributed by atoms with Crippen LogP contribution >= 0.6 is 11.3 Å². The number of aromatic nitrogens is 1. The van der Waals surface area contributed by atoms with Gasteiger partial charge >= 0.3 is 18.3 Å². The van der Waals surface area contributed by atoms with Crippen molar-refractivity contribution < 1.29 is 45.8 Å². The second-order valence-electron chi connectivity index (χ2n) is 12.7. The Labute approximate surface area is 284 Å². The van der Waals surface area contributed by atoms with Gasteiger partial charge in [-0.3, -0.25) is 19.5 Å². The van der Waals surface area contributed by atoms with Crippen molar-refractivity contribution in [3.8, 4) is 5.75 Å². The van der Waals surface area contributed by atoms with E-state index in [-0.39, 0.29) is 36.6 Å². The zero-order chi connectivity index (χ0) is 35.4. The third-order valence-electron chi connectivity index (χ3n) is 9.52. The number of halogens is 6. The number of pyridine rings is 1. The molecule has 2 saturated heterocycles. The van der Waals surface area contributed by atoms with Crippen LogP contribution in [0.5, 0.6) is 5.75 Å². The van der Waals surface area contributed by atoms with Crippen molar-refractivity contribution >= 4 is 23.2 Å². The fourth-order valence-electron chi connectivity index (χ4n) is 7.30. The average molecular weight is 712 g/mol. The van der Waals surface area contributed by atoms with E-state index in [2.05, 4.69) is 4.98 Å². The van der Waals surface area contributed by atoms with Gasteiger partial charge < -0.3 is 14.7 Å². The number of thiophene rings is 1. The maximum absolute atomic E-state index is 14.8. The topological polar surface area (TPSA) is 83.0 Å². The molecule has 0 spiro atoms. The van der Waals surface area contributed by atoms with Crippen LogP contribution in [0.3, 0.4) is 0 Å². The second kappa shape index (κ2) is 15.1. The Bertz CT molecular complexity index is 1600. The number of likely N-dealkylation sites (tertiary alicyclic amines) is 2. The largest absolute Gasteiger partial charge is 0.481 e. The van der Waals surface area contributed by atoms with Gasteiger partial charge in [-0.05, 0) is 73.7 Å². The predicted molar refractivity (Wildman–Crippen MR) is 171 cm³/mol. The molecule has 7 nitrogen and oxygen atoms in total. The number of piperidine rings is 2. The molecule has 49 heavy (non-hydrogen) atoms. The summed E-state index contributed by atoms with van der Waals surface area (Å²) in [4.78, 5) is 32.5. The van der Waals surface area contributed by atoms with Gasteiger partial charge in [0.15, 0.2) is 0 Å². The smallest absolute Gasteiger partial charge is 0.425 e. The number of hydrogen-bond acceptors (Lipinski definition) is 6. The van der Waals surface area contributed by atoms with E-state index < -0.39 is 46.3 Å². The van der Waals surface area contributed by atoms with Crippen LogP contribution in [0.1, 0.15) is 84.9 Å². The van der Waals surface area contributed by atoms with Crippen LogP contribution in [-0.4, -0.2) is 63.0 Å². The number of carbonyl (C=O) groups excluding carboxylic acids is 1. The molecular weight excluding hydrogens is 672 g/mol. The Morgan fingerprint density at radius 1 is 1.04 bits per heavy atom. The molecular formula is C35H39F6N3O4S. The van der Waals surface area contributed by atoms with Crippen molar-refractivity contribution in [3.63, 3.8) is 0 Å². The minimum atomic E-state index is -4.63. The number of benzene rings is 1. The molecule has 4 heterocycles. The first-order valence-corrected chi connectivity index (χ1v) is 17.3. The van der Waals surface area contributed by atoms with Crippen LogP contribution in [0.4, 0.5) is 26.3 Å². The van der Waals surface area contributed by atoms with E-state index in [0.717, 1.165) is 29.5 Å². The van der Waals surface area contributed by atoms with Gasteiger partial charge in [-0.1, -0.05) is 37.6 Å². The van der Waals surface area contributed by atoms with Crippen molar-refractivity contribution in [2.45, 2.75) is 94.7 Å². The molecule has 1 aromatic carbocycles. The van der Waals surface area contributed by atoms with E-state index >= 15 is 0 Å². The van der Waals surface area contributed by atoms with Crippen LogP contribution in [0.25, 0.3) is 0 Å². The van der Waals surface area contributed by atoms with Gasteiger partial charge in [0.05, 0.1) is 11.6 Å². The van der Waals surface area contributed by atoms with Gasteiger partial charge in [0.25, 0.3) is 5.91 Å². The highest BCUT2D eigenvalue weighted by Gasteiger charge is 2.54. The normalized spacial score (nSPS) is 21.1. The molecule has 1 N–H and O–H groups in total. The van der Waals surface area contributed by atoms with Gasteiger partial charge in [0.2, 0.25) is 5.60 Å². The van der Waals surface area contributed by atoms with Crippen molar-refractivity contribution in [3.05, 3.63) is 81.3 Å². The van der Waals surface area contributed by atoms with Gasteiger partial charge in [0, 0.05) is 49.9 Å². The molecule has 5 rings (SSSR count). The monoisotopic (exact) mass is 711 g/mol. The summed E-state index contributed by atoms with van der Waals surface area (Å²) in [5.74, 6) is -1.32. The van der Waals surface area contributed by atoms with Crippen LogP contribution in [0.15, 0.2) is 54.2 Å². The lowest BCUT2D eigenvalue weighted by molar-refractivity contribution is -0.163. The van der Waals surface area contributed by atoms with Crippen molar-refractivity contribution in [1.29, 1.82) is 0 Å². The quantitative estimate of drug-likeness (QED) is 0.202. The number of nitrogens with zero attached hydrogens (tertiary/aromatic N) is 3. The maximum atomic E-state index is 14.8. The highest BCUT2D eigenvalue weighted by molar-refractivity contribution is 7.10. The molecule has 2 aliphatic rings. The lowest BCUT2D eigenvalue weighted by atomic mass is 9.79. The Kier molecular flexibility index (Phi) is 11.3. The number of hydrogen-bond donors (Lipinski definition) is 1. The van der Waals surface area contributed by atoms with Crippen molar-refractivity contribution in [1.82, 2.24) is 14.8 Å². The van der Waals surface area contributed by atoms with Gasteiger partial charge in [-0.2, -0.15) is 26.3 Å². The summed E-state index contributed by atoms with van der Waals surface area (Å²) in [6, 6.07) is 8.70. The lowest BCUT2D eigenvalue weighted by Crippen LogP contribution is -2.67. The predicted octanol–water partition coefficient (Wildman–Crippen LogP) is 8.19. The number of carbonyl (C=O) groups is 2. The van der Waals surface area contributed by atoms with Crippen LogP contribution in [0.2, 0.25) is 0 Å². The average Bonchev–Trinajstić information content (AvgIpc) is 3.54. The first-order valence-electron chi connectivity index (χ1n) is 16.4. The molecule has 2 atom stereocenters. The molecule has 3 aromatic rings. The van der Waals surface area contributed by atoms with Crippen LogP contribution in [-0.2, 0) is 34.9 Å². The summed E-state index contributed by atoms with van der Waals surface area (Å²) in [5.41, 5.74) is -0.571. The summed E-state index contributed by atoms with van der Waals surface area (Å²) in [5, 5.41) is 10.4. The number of ether oxygens (including phenoxy) is 1. The molecule has 14 heteroatoms. The van der Waals surface area contributed by atoms with Gasteiger partial charge in [0.1, 0.15) is 10.6 Å². The third kappa shape index (κ3) is 8.39. The zero-order valence-electron chi connectivity index (χ0n) is 27.0. The summed E-state index contributed by atoms with van der Waals surface area (Å²) in [7, 11) is 0. The Hall–Kier alpha value is -3.65. The van der Waals surface area contributed by atoms with Crippen molar-refractivity contribution in [2.75, 3.05) is 19.6 Å². The minimum absolute atomic E-state index is 0.00827. The van der Waals surface area contributed by atoms with E-state index in [1.165, 1.54) is 11.6 Å². The number of aliphatic carboxylic acids is 1. The van der Waals surface area contributed by atoms with Gasteiger partial charge in [-0.15, -0.1) is 11.3 Å². The molecule has 2 aliphatic heterocycles. The highest BCUT2D eigenvalue weighted by Crippen LogP contribution is 2.43. The van der Waals surface area contributed by atoms with E-state index in [0.29, 0.717) is 69.5 Å². The molecule has 2 aromatic heterocycles. The summed E-state index contributed by atoms with van der Waals surface area (Å²) in [6.07, 6.45) is -4.01. The number of alkyl halides is 6. The molecule has 0 radical (unpaired) electrons. The first-order chi connectivity index (χ1) is 23.2. The fraction of sp³-hybridized carbons (Fsp3) is 0.514. The fourth-order valence-corrected chi connectivity index (χ4v) is 7.97. The Morgan fingerprint density at radius 3 is 2.43 bits per heavy atom. The first kappa shape index (κ1) is 36.6. The lowest BCUT2D eigenvalue weighted by Gasteiger charge is -2.50. The van der Waals surface area contributed by atoms with E-state index in [1.54, 1.807) is 9.80 Å². The third-order valence-corrected chi connectivity index (χ3v) is 10.5.